The first kappa shape index (κ1) is 17.1. The van der Waals surface area contributed by atoms with Crippen molar-refractivity contribution in [2.75, 3.05) is 6.61 Å². The molecular formula is C17H17N3O4S. The van der Waals surface area contributed by atoms with Crippen molar-refractivity contribution in [1.29, 1.82) is 0 Å². The molecule has 3 aromatic heterocycles. The van der Waals surface area contributed by atoms with Crippen LogP contribution in [-0.2, 0) is 9.53 Å². The van der Waals surface area contributed by atoms with Crippen molar-refractivity contribution in [1.82, 2.24) is 15.3 Å². The number of fused-ring (bicyclic) bond motifs is 3. The van der Waals surface area contributed by atoms with Gasteiger partial charge in [-0.05, 0) is 32.9 Å². The molecule has 1 amide bonds. The predicted octanol–water partition coefficient (Wildman–Crippen LogP) is 2.54. The molecule has 0 aliphatic heterocycles. The number of thiophene rings is 1. The van der Waals surface area contributed by atoms with E-state index < -0.39 is 17.9 Å². The van der Waals surface area contributed by atoms with E-state index in [2.05, 4.69) is 15.3 Å². The number of aromatic hydroxyl groups is 1. The summed E-state index contributed by atoms with van der Waals surface area (Å²) in [5.74, 6) is -1.38. The summed E-state index contributed by atoms with van der Waals surface area (Å²) in [7, 11) is 0. The zero-order chi connectivity index (χ0) is 18.1. The van der Waals surface area contributed by atoms with E-state index in [0.717, 1.165) is 15.6 Å². The third-order valence-corrected chi connectivity index (χ3v) is 4.88. The van der Waals surface area contributed by atoms with E-state index in [9.17, 15) is 14.7 Å². The molecule has 0 unspecified atom stereocenters. The summed E-state index contributed by atoms with van der Waals surface area (Å²) in [6, 6.07) is 2.87. The minimum absolute atomic E-state index is 0.118. The molecule has 2 N–H and O–H groups in total. The molecule has 130 valence electrons. The Morgan fingerprint density at radius 3 is 2.92 bits per heavy atom. The van der Waals surface area contributed by atoms with Crippen molar-refractivity contribution in [3.05, 3.63) is 29.7 Å². The fraction of sp³-hybridized carbons (Fsp3) is 0.294. The van der Waals surface area contributed by atoms with Gasteiger partial charge in [-0.1, -0.05) is 0 Å². The number of nitrogens with zero attached hydrogens (tertiary/aromatic N) is 2. The second kappa shape index (κ2) is 6.64. The van der Waals surface area contributed by atoms with Gasteiger partial charge in [0.05, 0.1) is 21.5 Å². The van der Waals surface area contributed by atoms with Gasteiger partial charge in [-0.15, -0.1) is 11.3 Å². The number of esters is 1. The highest BCUT2D eigenvalue weighted by Crippen LogP contribution is 2.40. The lowest BCUT2D eigenvalue weighted by Crippen LogP contribution is -2.40. The average molecular weight is 359 g/mol. The van der Waals surface area contributed by atoms with Crippen LogP contribution in [0.2, 0.25) is 0 Å². The van der Waals surface area contributed by atoms with Gasteiger partial charge in [0.25, 0.3) is 5.91 Å². The third kappa shape index (κ3) is 3.00. The molecule has 0 saturated heterocycles. The fourth-order valence-corrected chi connectivity index (χ4v) is 3.72. The molecule has 0 aliphatic carbocycles. The van der Waals surface area contributed by atoms with Gasteiger partial charge in [-0.25, -0.2) is 9.78 Å². The zero-order valence-corrected chi connectivity index (χ0v) is 14.8. The summed E-state index contributed by atoms with van der Waals surface area (Å²) in [5, 5.41) is 13.8. The molecule has 0 radical (unpaired) electrons. The van der Waals surface area contributed by atoms with Crippen molar-refractivity contribution in [3.8, 4) is 5.75 Å². The minimum atomic E-state index is -0.839. The standard InChI is InChI=1S/C17H17N3O4S/c1-4-24-17(23)9(3)20-16(22)13-14(21)15-11(8(2)19-13)12-10(25-15)6-5-7-18-12/h5-7,9,21H,4H2,1-3H3,(H,20,22)/t9-/m0/s1. The highest BCUT2D eigenvalue weighted by atomic mass is 32.1. The number of hydrogen-bond acceptors (Lipinski definition) is 7. The molecule has 8 heteroatoms. The summed E-state index contributed by atoms with van der Waals surface area (Å²) in [4.78, 5) is 32.7. The van der Waals surface area contributed by atoms with Crippen LogP contribution < -0.4 is 5.32 Å². The van der Waals surface area contributed by atoms with Crippen molar-refractivity contribution in [2.24, 2.45) is 0 Å². The minimum Gasteiger partial charge on any atom is -0.504 e. The normalized spacial score (nSPS) is 12.3. The van der Waals surface area contributed by atoms with Gasteiger partial charge in [-0.2, -0.15) is 0 Å². The van der Waals surface area contributed by atoms with Crippen LogP contribution in [0.3, 0.4) is 0 Å². The number of pyridine rings is 2. The number of ether oxygens (including phenoxy) is 1. The number of rotatable bonds is 4. The maximum Gasteiger partial charge on any atom is 0.328 e. The van der Waals surface area contributed by atoms with E-state index in [1.165, 1.54) is 18.3 Å². The topological polar surface area (TPSA) is 101 Å². The Morgan fingerprint density at radius 2 is 2.20 bits per heavy atom. The molecule has 0 bridgehead atoms. The van der Waals surface area contributed by atoms with Gasteiger partial charge in [0, 0.05) is 17.3 Å². The van der Waals surface area contributed by atoms with E-state index in [-0.39, 0.29) is 18.1 Å². The van der Waals surface area contributed by atoms with E-state index in [1.54, 1.807) is 20.0 Å². The Balaban J connectivity index is 2.02. The van der Waals surface area contributed by atoms with Crippen molar-refractivity contribution >= 4 is 43.5 Å². The maximum absolute atomic E-state index is 12.4. The monoisotopic (exact) mass is 359 g/mol. The first-order valence-electron chi connectivity index (χ1n) is 7.78. The molecule has 7 nitrogen and oxygen atoms in total. The first-order valence-corrected chi connectivity index (χ1v) is 8.60. The molecule has 3 heterocycles. The summed E-state index contributed by atoms with van der Waals surface area (Å²) < 4.78 is 6.31. The Labute approximate surface area is 147 Å². The van der Waals surface area contributed by atoms with Crippen LogP contribution in [0, 0.1) is 6.92 Å². The van der Waals surface area contributed by atoms with E-state index in [4.69, 9.17) is 4.74 Å². The SMILES string of the molecule is CCOC(=O)[C@H](C)NC(=O)c1nc(C)c2c(sc3cccnc32)c1O. The third-order valence-electron chi connectivity index (χ3n) is 3.73. The maximum atomic E-state index is 12.4. The van der Waals surface area contributed by atoms with Gasteiger partial charge in [-0.3, -0.25) is 9.78 Å². The molecule has 0 aliphatic rings. The molecule has 3 aromatic rings. The molecule has 0 fully saturated rings. The molecule has 0 saturated carbocycles. The van der Waals surface area contributed by atoms with Gasteiger partial charge < -0.3 is 15.2 Å². The largest absolute Gasteiger partial charge is 0.504 e. The highest BCUT2D eigenvalue weighted by molar-refractivity contribution is 7.26. The predicted molar refractivity (Wildman–Crippen MR) is 94.9 cm³/mol. The average Bonchev–Trinajstić information content (AvgIpc) is 2.98. The van der Waals surface area contributed by atoms with Gasteiger partial charge in [0.15, 0.2) is 11.4 Å². The van der Waals surface area contributed by atoms with Crippen LogP contribution in [0.1, 0.15) is 30.0 Å². The van der Waals surface area contributed by atoms with Crippen molar-refractivity contribution < 1.29 is 19.4 Å². The van der Waals surface area contributed by atoms with Gasteiger partial charge in [0.2, 0.25) is 0 Å². The van der Waals surface area contributed by atoms with Gasteiger partial charge >= 0.3 is 5.97 Å². The Hall–Kier alpha value is -2.74. The van der Waals surface area contributed by atoms with Crippen LogP contribution in [-0.4, -0.2) is 39.6 Å². The van der Waals surface area contributed by atoms with E-state index >= 15 is 0 Å². The Bertz CT molecular complexity index is 983. The molecule has 1 atom stereocenters. The van der Waals surface area contributed by atoms with E-state index in [1.807, 2.05) is 12.1 Å². The number of aromatic nitrogens is 2. The second-order valence-corrected chi connectivity index (χ2v) is 6.55. The highest BCUT2D eigenvalue weighted by Gasteiger charge is 2.24. The quantitative estimate of drug-likeness (QED) is 0.694. The number of aryl methyl sites for hydroxylation is 1. The molecular weight excluding hydrogens is 342 g/mol. The van der Waals surface area contributed by atoms with Crippen LogP contribution in [0.15, 0.2) is 18.3 Å². The molecule has 0 spiro atoms. The lowest BCUT2D eigenvalue weighted by molar-refractivity contribution is -0.144. The van der Waals surface area contributed by atoms with Crippen LogP contribution in [0.25, 0.3) is 20.3 Å². The summed E-state index contributed by atoms with van der Waals surface area (Å²) in [5.41, 5.74) is 1.22. The fourth-order valence-electron chi connectivity index (χ4n) is 2.57. The number of carbonyl (C=O) groups is 2. The smallest absolute Gasteiger partial charge is 0.328 e. The lowest BCUT2D eigenvalue weighted by Gasteiger charge is -2.13. The molecule has 25 heavy (non-hydrogen) atoms. The second-order valence-electron chi connectivity index (χ2n) is 5.50. The summed E-state index contributed by atoms with van der Waals surface area (Å²) in [6.45, 7) is 5.19. The van der Waals surface area contributed by atoms with Crippen LogP contribution in [0.4, 0.5) is 0 Å². The molecule has 3 rings (SSSR count). The van der Waals surface area contributed by atoms with Gasteiger partial charge in [0.1, 0.15) is 6.04 Å². The zero-order valence-electron chi connectivity index (χ0n) is 14.0. The van der Waals surface area contributed by atoms with Crippen LogP contribution >= 0.6 is 11.3 Å². The number of hydrogen-bond donors (Lipinski definition) is 2. The lowest BCUT2D eigenvalue weighted by atomic mass is 10.1. The summed E-state index contributed by atoms with van der Waals surface area (Å²) >= 11 is 1.34. The number of amides is 1. The summed E-state index contributed by atoms with van der Waals surface area (Å²) in [6.07, 6.45) is 1.67. The Morgan fingerprint density at radius 1 is 1.44 bits per heavy atom. The van der Waals surface area contributed by atoms with Crippen LogP contribution in [0.5, 0.6) is 5.75 Å². The number of carbonyl (C=O) groups excluding carboxylic acids is 2. The number of nitrogens with one attached hydrogen (secondary N) is 1. The first-order chi connectivity index (χ1) is 11.9. The molecule has 0 aromatic carbocycles. The van der Waals surface area contributed by atoms with Crippen molar-refractivity contribution in [2.45, 2.75) is 26.8 Å². The van der Waals surface area contributed by atoms with Crippen molar-refractivity contribution in [3.63, 3.8) is 0 Å². The Kier molecular flexibility index (Phi) is 4.54. The van der Waals surface area contributed by atoms with E-state index in [0.29, 0.717) is 10.4 Å².